The Morgan fingerprint density at radius 3 is 2.65 bits per heavy atom. The number of aromatic nitrogens is 2. The molecule has 2 aromatic carbocycles. The molecule has 0 unspecified atom stereocenters. The number of benzene rings is 2. The highest BCUT2D eigenvalue weighted by atomic mass is 35.5. The summed E-state index contributed by atoms with van der Waals surface area (Å²) < 4.78 is 0. The second-order valence-electron chi connectivity index (χ2n) is 5.82. The van der Waals surface area contributed by atoms with Crippen LogP contribution in [-0.2, 0) is 4.79 Å². The first-order chi connectivity index (χ1) is 12.5. The van der Waals surface area contributed by atoms with Crippen LogP contribution in [-0.4, -0.2) is 21.6 Å². The summed E-state index contributed by atoms with van der Waals surface area (Å²) in [6.07, 6.45) is 1.70. The van der Waals surface area contributed by atoms with Crippen molar-refractivity contribution in [2.45, 2.75) is 19.0 Å². The SMILES string of the molecule is Cc1cccc(NC(=O)CSc2nccc(-c3ccc(Cl)cc3)n2)c1C. The molecule has 1 heterocycles. The first kappa shape index (κ1) is 18.4. The fourth-order valence-corrected chi connectivity index (χ4v) is 3.15. The maximum Gasteiger partial charge on any atom is 0.234 e. The van der Waals surface area contributed by atoms with Crippen molar-refractivity contribution in [1.29, 1.82) is 0 Å². The minimum Gasteiger partial charge on any atom is -0.325 e. The minimum absolute atomic E-state index is 0.0794. The average Bonchev–Trinajstić information content (AvgIpc) is 2.65. The number of hydrogen-bond donors (Lipinski definition) is 1. The number of amides is 1. The normalized spacial score (nSPS) is 10.6. The summed E-state index contributed by atoms with van der Waals surface area (Å²) in [7, 11) is 0. The lowest BCUT2D eigenvalue weighted by Crippen LogP contribution is -2.15. The lowest BCUT2D eigenvalue weighted by molar-refractivity contribution is -0.113. The maximum absolute atomic E-state index is 12.2. The van der Waals surface area contributed by atoms with Gasteiger partial charge >= 0.3 is 0 Å². The quantitative estimate of drug-likeness (QED) is 0.489. The summed E-state index contributed by atoms with van der Waals surface area (Å²) in [5.41, 5.74) is 4.82. The standard InChI is InChI=1S/C20H18ClN3OS/c1-13-4-3-5-17(14(13)2)23-19(25)12-26-20-22-11-10-18(24-20)15-6-8-16(21)9-7-15/h3-11H,12H2,1-2H3,(H,23,25). The molecule has 0 saturated heterocycles. The highest BCUT2D eigenvalue weighted by Gasteiger charge is 2.09. The molecule has 0 aliphatic heterocycles. The zero-order chi connectivity index (χ0) is 18.5. The molecule has 0 radical (unpaired) electrons. The topological polar surface area (TPSA) is 54.9 Å². The Hall–Kier alpha value is -2.37. The molecule has 0 atom stereocenters. The second kappa shape index (κ2) is 8.34. The third-order valence-electron chi connectivity index (χ3n) is 3.98. The van der Waals surface area contributed by atoms with Crippen LogP contribution in [0.5, 0.6) is 0 Å². The summed E-state index contributed by atoms with van der Waals surface area (Å²) in [6.45, 7) is 4.02. The minimum atomic E-state index is -0.0794. The second-order valence-corrected chi connectivity index (χ2v) is 7.19. The van der Waals surface area contributed by atoms with Gasteiger partial charge in [0.1, 0.15) is 0 Å². The van der Waals surface area contributed by atoms with E-state index in [1.54, 1.807) is 6.20 Å². The van der Waals surface area contributed by atoms with Gasteiger partial charge in [-0.1, -0.05) is 47.6 Å². The molecule has 0 saturated carbocycles. The molecule has 132 valence electrons. The number of carbonyl (C=O) groups excluding carboxylic acids is 1. The summed E-state index contributed by atoms with van der Waals surface area (Å²) in [6, 6.07) is 15.2. The Labute approximate surface area is 162 Å². The molecule has 1 amide bonds. The fourth-order valence-electron chi connectivity index (χ4n) is 2.39. The molecule has 1 N–H and O–H groups in total. The summed E-state index contributed by atoms with van der Waals surface area (Å²) >= 11 is 7.23. The van der Waals surface area contributed by atoms with E-state index in [0.717, 1.165) is 28.1 Å². The molecule has 0 aliphatic carbocycles. The van der Waals surface area contributed by atoms with Crippen LogP contribution in [0.1, 0.15) is 11.1 Å². The number of nitrogens with one attached hydrogen (secondary N) is 1. The van der Waals surface area contributed by atoms with Crippen molar-refractivity contribution in [2.75, 3.05) is 11.1 Å². The zero-order valence-corrected chi connectivity index (χ0v) is 16.1. The molecule has 1 aromatic heterocycles. The van der Waals surface area contributed by atoms with Gasteiger partial charge < -0.3 is 5.32 Å². The van der Waals surface area contributed by atoms with E-state index in [9.17, 15) is 4.79 Å². The third-order valence-corrected chi connectivity index (χ3v) is 5.10. The van der Waals surface area contributed by atoms with Gasteiger partial charge in [-0.2, -0.15) is 0 Å². The number of carbonyl (C=O) groups is 1. The monoisotopic (exact) mass is 383 g/mol. The van der Waals surface area contributed by atoms with Gasteiger partial charge in [0.25, 0.3) is 0 Å². The van der Waals surface area contributed by atoms with Crippen molar-refractivity contribution in [1.82, 2.24) is 9.97 Å². The Morgan fingerprint density at radius 2 is 1.88 bits per heavy atom. The van der Waals surface area contributed by atoms with Gasteiger partial charge in [0, 0.05) is 22.5 Å². The number of nitrogens with zero attached hydrogens (tertiary/aromatic N) is 2. The molecular formula is C20H18ClN3OS. The Morgan fingerprint density at radius 1 is 1.12 bits per heavy atom. The van der Waals surface area contributed by atoms with E-state index in [2.05, 4.69) is 15.3 Å². The largest absolute Gasteiger partial charge is 0.325 e. The van der Waals surface area contributed by atoms with E-state index in [1.165, 1.54) is 11.8 Å². The highest BCUT2D eigenvalue weighted by Crippen LogP contribution is 2.23. The zero-order valence-electron chi connectivity index (χ0n) is 14.5. The Kier molecular flexibility index (Phi) is 5.91. The number of rotatable bonds is 5. The fraction of sp³-hybridized carbons (Fsp3) is 0.150. The van der Waals surface area contributed by atoms with Gasteiger partial charge in [0.2, 0.25) is 5.91 Å². The highest BCUT2D eigenvalue weighted by molar-refractivity contribution is 7.99. The van der Waals surface area contributed by atoms with Gasteiger partial charge in [-0.05, 0) is 49.2 Å². The first-order valence-corrected chi connectivity index (χ1v) is 9.47. The van der Waals surface area contributed by atoms with Crippen molar-refractivity contribution in [3.8, 4) is 11.3 Å². The summed E-state index contributed by atoms with van der Waals surface area (Å²) in [5.74, 6) is 0.168. The van der Waals surface area contributed by atoms with Crippen LogP contribution in [0, 0.1) is 13.8 Å². The molecule has 3 rings (SSSR count). The van der Waals surface area contributed by atoms with Gasteiger partial charge in [-0.3, -0.25) is 4.79 Å². The molecule has 3 aromatic rings. The van der Waals surface area contributed by atoms with Crippen molar-refractivity contribution >= 4 is 35.0 Å². The molecule has 6 heteroatoms. The Balaban J connectivity index is 1.64. The van der Waals surface area contributed by atoms with Crippen LogP contribution in [0.25, 0.3) is 11.3 Å². The average molecular weight is 384 g/mol. The van der Waals surface area contributed by atoms with E-state index in [0.29, 0.717) is 10.2 Å². The number of thioether (sulfide) groups is 1. The molecule has 26 heavy (non-hydrogen) atoms. The number of halogens is 1. The lowest BCUT2D eigenvalue weighted by atomic mass is 10.1. The van der Waals surface area contributed by atoms with Crippen LogP contribution in [0.2, 0.25) is 5.02 Å². The number of hydrogen-bond acceptors (Lipinski definition) is 4. The molecule has 0 fully saturated rings. The Bertz CT molecular complexity index is 929. The summed E-state index contributed by atoms with van der Waals surface area (Å²) in [4.78, 5) is 21.0. The molecule has 0 bridgehead atoms. The molecular weight excluding hydrogens is 366 g/mol. The molecule has 0 aliphatic rings. The molecule has 0 spiro atoms. The van der Waals surface area contributed by atoms with Gasteiger partial charge in [-0.15, -0.1) is 0 Å². The summed E-state index contributed by atoms with van der Waals surface area (Å²) in [5, 5.41) is 4.19. The van der Waals surface area contributed by atoms with E-state index < -0.39 is 0 Å². The van der Waals surface area contributed by atoms with Gasteiger partial charge in [0.15, 0.2) is 5.16 Å². The van der Waals surface area contributed by atoms with Gasteiger partial charge in [0.05, 0.1) is 11.4 Å². The van der Waals surface area contributed by atoms with Crippen LogP contribution in [0.15, 0.2) is 59.9 Å². The lowest BCUT2D eigenvalue weighted by Gasteiger charge is -2.10. The van der Waals surface area contributed by atoms with E-state index in [-0.39, 0.29) is 11.7 Å². The van der Waals surface area contributed by atoms with Crippen molar-refractivity contribution in [3.63, 3.8) is 0 Å². The van der Waals surface area contributed by atoms with Gasteiger partial charge in [-0.25, -0.2) is 9.97 Å². The van der Waals surface area contributed by atoms with Crippen molar-refractivity contribution in [3.05, 3.63) is 70.9 Å². The maximum atomic E-state index is 12.2. The smallest absolute Gasteiger partial charge is 0.234 e. The van der Waals surface area contributed by atoms with Crippen LogP contribution in [0.3, 0.4) is 0 Å². The van der Waals surface area contributed by atoms with E-state index in [1.807, 2.05) is 62.4 Å². The van der Waals surface area contributed by atoms with Crippen molar-refractivity contribution in [2.24, 2.45) is 0 Å². The first-order valence-electron chi connectivity index (χ1n) is 8.11. The van der Waals surface area contributed by atoms with Crippen LogP contribution in [0.4, 0.5) is 5.69 Å². The number of anilines is 1. The molecule has 4 nitrogen and oxygen atoms in total. The van der Waals surface area contributed by atoms with Crippen LogP contribution >= 0.6 is 23.4 Å². The van der Waals surface area contributed by atoms with Crippen molar-refractivity contribution < 1.29 is 4.79 Å². The van der Waals surface area contributed by atoms with Crippen LogP contribution < -0.4 is 5.32 Å². The number of aryl methyl sites for hydroxylation is 1. The van der Waals surface area contributed by atoms with E-state index in [4.69, 9.17) is 11.6 Å². The van der Waals surface area contributed by atoms with E-state index >= 15 is 0 Å². The predicted molar refractivity (Wildman–Crippen MR) is 108 cm³/mol. The third kappa shape index (κ3) is 4.62. The predicted octanol–water partition coefficient (Wildman–Crippen LogP) is 5.14.